The number of aromatic nitrogens is 3. The summed E-state index contributed by atoms with van der Waals surface area (Å²) in [6.07, 6.45) is 9.00. The van der Waals surface area contributed by atoms with Gasteiger partial charge in [-0.3, -0.25) is 14.6 Å². The van der Waals surface area contributed by atoms with Crippen LogP contribution in [0.3, 0.4) is 0 Å². The summed E-state index contributed by atoms with van der Waals surface area (Å²) in [7, 11) is 0. The zero-order valence-electron chi connectivity index (χ0n) is 17.1. The lowest BCUT2D eigenvalue weighted by Crippen LogP contribution is -2.39. The van der Waals surface area contributed by atoms with Gasteiger partial charge in [0.2, 0.25) is 5.91 Å². The molecule has 4 heterocycles. The molecule has 0 spiro atoms. The Hall–Kier alpha value is -3.61. The van der Waals surface area contributed by atoms with E-state index in [0.29, 0.717) is 25.1 Å². The number of rotatable bonds is 4. The number of nitrogens with zero attached hydrogens (tertiary/aromatic N) is 4. The van der Waals surface area contributed by atoms with Crippen molar-refractivity contribution in [3.8, 4) is 11.1 Å². The highest BCUT2D eigenvalue weighted by Gasteiger charge is 2.32. The third-order valence-corrected chi connectivity index (χ3v) is 6.23. The maximum Gasteiger partial charge on any atom is 0.252 e. The van der Waals surface area contributed by atoms with Gasteiger partial charge in [0.1, 0.15) is 6.33 Å². The Bertz CT molecular complexity index is 1110. The third-order valence-electron chi connectivity index (χ3n) is 6.23. The number of likely N-dealkylation sites (tertiary alicyclic amines) is 1. The Labute approximate surface area is 180 Å². The van der Waals surface area contributed by atoms with Crippen molar-refractivity contribution in [2.45, 2.75) is 31.2 Å². The van der Waals surface area contributed by atoms with E-state index < -0.39 is 0 Å². The van der Waals surface area contributed by atoms with E-state index in [0.717, 1.165) is 35.2 Å². The predicted molar refractivity (Wildman–Crippen MR) is 115 cm³/mol. The van der Waals surface area contributed by atoms with Gasteiger partial charge < -0.3 is 10.2 Å². The molecule has 7 heteroatoms. The second-order valence-corrected chi connectivity index (χ2v) is 8.03. The first kappa shape index (κ1) is 19.4. The summed E-state index contributed by atoms with van der Waals surface area (Å²) < 4.78 is 0. The molecule has 2 aliphatic rings. The van der Waals surface area contributed by atoms with E-state index in [1.54, 1.807) is 18.7 Å². The first-order chi connectivity index (χ1) is 15.2. The molecule has 2 aromatic heterocycles. The highest BCUT2D eigenvalue weighted by atomic mass is 16.2. The Kier molecular flexibility index (Phi) is 5.16. The van der Waals surface area contributed by atoms with Crippen molar-refractivity contribution < 1.29 is 9.59 Å². The van der Waals surface area contributed by atoms with Crippen LogP contribution in [0.1, 0.15) is 52.8 Å². The van der Waals surface area contributed by atoms with Crippen molar-refractivity contribution in [3.05, 3.63) is 78.1 Å². The number of hydrogen-bond acceptors (Lipinski definition) is 5. The highest BCUT2D eigenvalue weighted by Crippen LogP contribution is 2.34. The number of amides is 2. The minimum absolute atomic E-state index is 0.0810. The molecule has 0 bridgehead atoms. The molecule has 1 aromatic carbocycles. The fourth-order valence-electron chi connectivity index (χ4n) is 4.61. The van der Waals surface area contributed by atoms with E-state index in [9.17, 15) is 9.59 Å². The largest absolute Gasteiger partial charge is 0.345 e. The van der Waals surface area contributed by atoms with E-state index in [2.05, 4.69) is 20.3 Å². The number of nitrogens with one attached hydrogen (secondary N) is 1. The zero-order valence-corrected chi connectivity index (χ0v) is 17.1. The molecule has 0 radical (unpaired) electrons. The van der Waals surface area contributed by atoms with Gasteiger partial charge in [-0.1, -0.05) is 18.2 Å². The third kappa shape index (κ3) is 3.79. The van der Waals surface area contributed by atoms with E-state index in [-0.39, 0.29) is 23.8 Å². The van der Waals surface area contributed by atoms with Crippen molar-refractivity contribution in [2.24, 2.45) is 0 Å². The SMILES string of the molecule is O=C1NC(CC(=O)N2CCC(c3ncncc3-c3ccncc3)CC2)c2ccccc21. The van der Waals surface area contributed by atoms with Gasteiger partial charge in [-0.2, -0.15) is 0 Å². The van der Waals surface area contributed by atoms with Crippen LogP contribution in [0.15, 0.2) is 61.3 Å². The fourth-order valence-corrected chi connectivity index (χ4v) is 4.61. The van der Waals surface area contributed by atoms with Crippen LogP contribution in [0.5, 0.6) is 0 Å². The monoisotopic (exact) mass is 413 g/mol. The van der Waals surface area contributed by atoms with Crippen molar-refractivity contribution in [3.63, 3.8) is 0 Å². The molecule has 156 valence electrons. The van der Waals surface area contributed by atoms with Crippen molar-refractivity contribution >= 4 is 11.8 Å². The summed E-state index contributed by atoms with van der Waals surface area (Å²) >= 11 is 0. The van der Waals surface area contributed by atoms with Crippen LogP contribution in [0.2, 0.25) is 0 Å². The molecule has 31 heavy (non-hydrogen) atoms. The van der Waals surface area contributed by atoms with Crippen LogP contribution in [0.25, 0.3) is 11.1 Å². The zero-order chi connectivity index (χ0) is 21.2. The number of carbonyl (C=O) groups is 2. The molecule has 1 unspecified atom stereocenters. The summed E-state index contributed by atoms with van der Waals surface area (Å²) in [5.41, 5.74) is 4.70. The summed E-state index contributed by atoms with van der Waals surface area (Å²) in [6, 6.07) is 11.2. The molecule has 0 aliphatic carbocycles. The topological polar surface area (TPSA) is 88.1 Å². The van der Waals surface area contributed by atoms with Crippen molar-refractivity contribution in [1.82, 2.24) is 25.2 Å². The first-order valence-electron chi connectivity index (χ1n) is 10.6. The second kappa shape index (κ2) is 8.26. The number of carbonyl (C=O) groups excluding carboxylic acids is 2. The molecule has 1 atom stereocenters. The molecule has 1 saturated heterocycles. The second-order valence-electron chi connectivity index (χ2n) is 8.03. The number of pyridine rings is 1. The van der Waals surface area contributed by atoms with Crippen LogP contribution in [0, 0.1) is 0 Å². The minimum atomic E-state index is -0.242. The molecule has 3 aromatic rings. The Morgan fingerprint density at radius 2 is 1.81 bits per heavy atom. The van der Waals surface area contributed by atoms with E-state index >= 15 is 0 Å². The average Bonchev–Trinajstić information content (AvgIpc) is 3.15. The standard InChI is InChI=1S/C24H23N5O2/c30-22(13-21-18-3-1-2-4-19(18)24(31)28-21)29-11-7-17(8-12-29)23-20(14-26-15-27-23)16-5-9-25-10-6-16/h1-6,9-10,14-15,17,21H,7-8,11-13H2,(H,28,31). The molecule has 2 aliphatic heterocycles. The Morgan fingerprint density at radius 1 is 1.03 bits per heavy atom. The smallest absolute Gasteiger partial charge is 0.252 e. The molecular weight excluding hydrogens is 390 g/mol. The lowest BCUT2D eigenvalue weighted by molar-refractivity contribution is -0.132. The summed E-state index contributed by atoms with van der Waals surface area (Å²) in [4.78, 5) is 39.9. The normalized spacial score (nSPS) is 18.5. The fraction of sp³-hybridized carbons (Fsp3) is 0.292. The molecule has 5 rings (SSSR count). The van der Waals surface area contributed by atoms with Crippen molar-refractivity contribution in [1.29, 1.82) is 0 Å². The summed E-state index contributed by atoms with van der Waals surface area (Å²) in [5.74, 6) is 0.263. The number of piperidine rings is 1. The molecule has 1 N–H and O–H groups in total. The Balaban J connectivity index is 1.25. The van der Waals surface area contributed by atoms with Crippen LogP contribution in [0.4, 0.5) is 0 Å². The molecule has 2 amide bonds. The van der Waals surface area contributed by atoms with Gasteiger partial charge in [-0.05, 0) is 42.2 Å². The Morgan fingerprint density at radius 3 is 2.61 bits per heavy atom. The van der Waals surface area contributed by atoms with E-state index in [4.69, 9.17) is 0 Å². The lowest BCUT2D eigenvalue weighted by Gasteiger charge is -2.33. The average molecular weight is 413 g/mol. The van der Waals surface area contributed by atoms with Crippen LogP contribution < -0.4 is 5.32 Å². The van der Waals surface area contributed by atoms with Gasteiger partial charge in [0.05, 0.1) is 18.2 Å². The number of fused-ring (bicyclic) bond motifs is 1. The molecular formula is C24H23N5O2. The van der Waals surface area contributed by atoms with Crippen LogP contribution in [-0.4, -0.2) is 44.8 Å². The van der Waals surface area contributed by atoms with E-state index in [1.165, 1.54) is 0 Å². The van der Waals surface area contributed by atoms with Crippen LogP contribution >= 0.6 is 0 Å². The minimum Gasteiger partial charge on any atom is -0.345 e. The maximum absolute atomic E-state index is 12.9. The molecule has 1 fully saturated rings. The summed E-state index contributed by atoms with van der Waals surface area (Å²) in [5, 5.41) is 2.94. The van der Waals surface area contributed by atoms with E-state index in [1.807, 2.05) is 47.5 Å². The highest BCUT2D eigenvalue weighted by molar-refractivity contribution is 5.99. The van der Waals surface area contributed by atoms with Gasteiger partial charge in [0.25, 0.3) is 5.91 Å². The first-order valence-corrected chi connectivity index (χ1v) is 10.6. The van der Waals surface area contributed by atoms with Gasteiger partial charge in [-0.25, -0.2) is 9.97 Å². The van der Waals surface area contributed by atoms with Gasteiger partial charge >= 0.3 is 0 Å². The molecule has 7 nitrogen and oxygen atoms in total. The number of hydrogen-bond donors (Lipinski definition) is 1. The lowest BCUT2D eigenvalue weighted by atomic mass is 9.89. The summed E-state index contributed by atoms with van der Waals surface area (Å²) in [6.45, 7) is 1.37. The van der Waals surface area contributed by atoms with Gasteiger partial charge in [0, 0.05) is 48.7 Å². The van der Waals surface area contributed by atoms with Crippen molar-refractivity contribution in [2.75, 3.05) is 13.1 Å². The van der Waals surface area contributed by atoms with Crippen LogP contribution in [-0.2, 0) is 4.79 Å². The van der Waals surface area contributed by atoms with Gasteiger partial charge in [0.15, 0.2) is 0 Å². The number of benzene rings is 1. The quantitative estimate of drug-likeness (QED) is 0.710. The maximum atomic E-state index is 12.9. The van der Waals surface area contributed by atoms with Gasteiger partial charge in [-0.15, -0.1) is 0 Å². The predicted octanol–water partition coefficient (Wildman–Crippen LogP) is 3.12. The molecule has 0 saturated carbocycles.